The lowest BCUT2D eigenvalue weighted by Gasteiger charge is -2.30. The fourth-order valence-electron chi connectivity index (χ4n) is 1.83. The van der Waals surface area contributed by atoms with Crippen LogP contribution in [0.4, 0.5) is 0 Å². The highest BCUT2D eigenvalue weighted by molar-refractivity contribution is 7.89. The number of amides is 1. The second-order valence-electron chi connectivity index (χ2n) is 4.30. The highest BCUT2D eigenvalue weighted by Gasteiger charge is 2.30. The number of carboxylic acids is 1. The van der Waals surface area contributed by atoms with Crippen molar-refractivity contribution in [2.75, 3.05) is 26.7 Å². The zero-order valence-corrected chi connectivity index (χ0v) is 12.7. The fourth-order valence-corrected chi connectivity index (χ4v) is 3.80. The lowest BCUT2D eigenvalue weighted by Crippen LogP contribution is -2.48. The third-order valence-corrected chi connectivity index (χ3v) is 5.46. The molecular formula is C11H14N2O6S2. The van der Waals surface area contributed by atoms with Gasteiger partial charge in [-0.1, -0.05) is 0 Å². The Morgan fingerprint density at radius 1 is 1.52 bits per heavy atom. The van der Waals surface area contributed by atoms with Crippen molar-refractivity contribution in [3.05, 3.63) is 16.3 Å². The Hall–Kier alpha value is -1.49. The van der Waals surface area contributed by atoms with Gasteiger partial charge in [0.05, 0.1) is 22.9 Å². The smallest absolute Gasteiger partial charge is 0.334 e. The van der Waals surface area contributed by atoms with Gasteiger partial charge in [-0.05, 0) is 13.1 Å². The Labute approximate surface area is 125 Å². The molecule has 8 nitrogen and oxygen atoms in total. The molecule has 2 N–H and O–H groups in total. The van der Waals surface area contributed by atoms with Crippen molar-refractivity contribution < 1.29 is 27.9 Å². The van der Waals surface area contributed by atoms with Gasteiger partial charge in [-0.3, -0.25) is 4.79 Å². The minimum atomic E-state index is -3.59. The molecule has 2 heterocycles. The number of ether oxygens (including phenoxy) is 1. The van der Waals surface area contributed by atoms with Crippen LogP contribution in [0.5, 0.6) is 0 Å². The molecule has 1 aliphatic rings. The van der Waals surface area contributed by atoms with Gasteiger partial charge in [0.25, 0.3) is 5.91 Å². The highest BCUT2D eigenvalue weighted by atomic mass is 32.2. The van der Waals surface area contributed by atoms with E-state index in [0.29, 0.717) is 0 Å². The Morgan fingerprint density at radius 3 is 2.86 bits per heavy atom. The lowest BCUT2D eigenvalue weighted by atomic mass is 10.2. The topological polar surface area (TPSA) is 113 Å². The first-order valence-electron chi connectivity index (χ1n) is 6.01. The van der Waals surface area contributed by atoms with E-state index >= 15 is 0 Å². The van der Waals surface area contributed by atoms with Gasteiger partial charge in [0.1, 0.15) is 0 Å². The maximum absolute atomic E-state index is 12.3. The second-order valence-corrected chi connectivity index (χ2v) is 7.10. The van der Waals surface area contributed by atoms with E-state index in [-0.39, 0.29) is 29.5 Å². The van der Waals surface area contributed by atoms with Crippen LogP contribution in [-0.4, -0.2) is 63.1 Å². The quantitative estimate of drug-likeness (QED) is 0.773. The number of nitrogens with zero attached hydrogens (tertiary/aromatic N) is 1. The number of hydrogen-bond donors (Lipinski definition) is 2. The summed E-state index contributed by atoms with van der Waals surface area (Å²) in [5.74, 6) is -1.52. The number of carbonyl (C=O) groups is 2. The molecule has 21 heavy (non-hydrogen) atoms. The van der Waals surface area contributed by atoms with Crippen molar-refractivity contribution in [3.63, 3.8) is 0 Å². The van der Waals surface area contributed by atoms with Crippen LogP contribution in [0.2, 0.25) is 0 Å². The maximum Gasteiger partial charge on any atom is 0.334 e. The van der Waals surface area contributed by atoms with Crippen LogP contribution >= 0.6 is 11.3 Å². The summed E-state index contributed by atoms with van der Waals surface area (Å²) in [6, 6.07) is 1.28. The third-order valence-electron chi connectivity index (χ3n) is 2.99. The van der Waals surface area contributed by atoms with Gasteiger partial charge < -0.3 is 14.7 Å². The summed E-state index contributed by atoms with van der Waals surface area (Å²) in [6.07, 6.45) is -1.05. The monoisotopic (exact) mass is 334 g/mol. The second kappa shape index (κ2) is 6.10. The minimum absolute atomic E-state index is 0.0152. The van der Waals surface area contributed by atoms with E-state index in [9.17, 15) is 18.0 Å². The summed E-state index contributed by atoms with van der Waals surface area (Å²) in [6.45, 7) is 0.352. The van der Waals surface area contributed by atoms with Gasteiger partial charge in [0.15, 0.2) is 6.10 Å². The number of morpholine rings is 1. The molecule has 2 rings (SSSR count). The molecule has 116 valence electrons. The normalized spacial score (nSPS) is 19.5. The molecule has 0 aliphatic carbocycles. The number of nitrogens with one attached hydrogen (secondary N) is 1. The molecule has 1 atom stereocenters. The van der Waals surface area contributed by atoms with E-state index in [0.717, 1.165) is 11.3 Å². The Balaban J connectivity index is 2.15. The molecule has 1 aliphatic heterocycles. The first-order chi connectivity index (χ1) is 9.85. The number of aliphatic carboxylic acids is 1. The van der Waals surface area contributed by atoms with E-state index in [4.69, 9.17) is 9.84 Å². The van der Waals surface area contributed by atoms with Crippen molar-refractivity contribution in [3.8, 4) is 0 Å². The highest BCUT2D eigenvalue weighted by Crippen LogP contribution is 2.21. The van der Waals surface area contributed by atoms with E-state index in [2.05, 4.69) is 4.72 Å². The molecule has 0 aromatic carbocycles. The number of rotatable bonds is 4. The van der Waals surface area contributed by atoms with Crippen LogP contribution in [0, 0.1) is 0 Å². The van der Waals surface area contributed by atoms with Crippen LogP contribution in [0.15, 0.2) is 16.3 Å². The minimum Gasteiger partial charge on any atom is -0.479 e. The van der Waals surface area contributed by atoms with Crippen molar-refractivity contribution in [1.82, 2.24) is 9.62 Å². The fraction of sp³-hybridized carbons (Fsp3) is 0.455. The third kappa shape index (κ3) is 3.40. The van der Waals surface area contributed by atoms with Crippen LogP contribution in [0.25, 0.3) is 0 Å². The van der Waals surface area contributed by atoms with Gasteiger partial charge in [-0.2, -0.15) is 0 Å². The van der Waals surface area contributed by atoms with Crippen LogP contribution in [0.3, 0.4) is 0 Å². The van der Waals surface area contributed by atoms with E-state index in [1.807, 2.05) is 0 Å². The summed E-state index contributed by atoms with van der Waals surface area (Å²) in [5, 5.41) is 10.3. The number of sulfonamides is 1. The summed E-state index contributed by atoms with van der Waals surface area (Å²) in [7, 11) is -2.31. The van der Waals surface area contributed by atoms with Gasteiger partial charge in [-0.25, -0.2) is 17.9 Å². The molecule has 1 fully saturated rings. The van der Waals surface area contributed by atoms with E-state index in [1.54, 1.807) is 0 Å². The number of hydrogen-bond acceptors (Lipinski definition) is 6. The van der Waals surface area contributed by atoms with Gasteiger partial charge >= 0.3 is 5.97 Å². The molecular weight excluding hydrogens is 320 g/mol. The Morgan fingerprint density at radius 2 is 2.24 bits per heavy atom. The van der Waals surface area contributed by atoms with Crippen LogP contribution in [0.1, 0.15) is 9.67 Å². The molecule has 0 saturated carbocycles. The summed E-state index contributed by atoms with van der Waals surface area (Å²) in [5.41, 5.74) is 0. The predicted octanol–water partition coefficient (Wildman–Crippen LogP) is -0.418. The van der Waals surface area contributed by atoms with E-state index in [1.165, 1.54) is 23.4 Å². The average Bonchev–Trinajstić information content (AvgIpc) is 2.97. The van der Waals surface area contributed by atoms with Crippen LogP contribution in [-0.2, 0) is 19.6 Å². The van der Waals surface area contributed by atoms with Gasteiger partial charge in [0.2, 0.25) is 10.0 Å². The van der Waals surface area contributed by atoms with Gasteiger partial charge in [-0.15, -0.1) is 11.3 Å². The summed E-state index contributed by atoms with van der Waals surface area (Å²) >= 11 is 1.00. The molecule has 0 spiro atoms. The first kappa shape index (κ1) is 15.9. The Kier molecular flexibility index (Phi) is 4.61. The molecule has 1 unspecified atom stereocenters. The average molecular weight is 334 g/mol. The van der Waals surface area contributed by atoms with Crippen LogP contribution < -0.4 is 4.72 Å². The molecule has 1 amide bonds. The zero-order valence-electron chi connectivity index (χ0n) is 11.1. The van der Waals surface area contributed by atoms with Crippen molar-refractivity contribution >= 4 is 33.2 Å². The number of carboxylic acid groups (broad SMARTS) is 1. The van der Waals surface area contributed by atoms with Crippen molar-refractivity contribution in [1.29, 1.82) is 0 Å². The molecule has 0 radical (unpaired) electrons. The largest absolute Gasteiger partial charge is 0.479 e. The molecule has 1 aromatic rings. The molecule has 1 aromatic heterocycles. The first-order valence-corrected chi connectivity index (χ1v) is 8.37. The SMILES string of the molecule is CNS(=O)(=O)c1csc(C(=O)N2CCOC(C(=O)O)C2)c1. The zero-order chi connectivity index (χ0) is 15.6. The maximum atomic E-state index is 12.3. The number of carbonyl (C=O) groups excluding carboxylic acids is 1. The summed E-state index contributed by atoms with van der Waals surface area (Å²) in [4.78, 5) is 24.8. The summed E-state index contributed by atoms with van der Waals surface area (Å²) < 4.78 is 30.5. The molecule has 0 bridgehead atoms. The number of thiophene rings is 1. The van der Waals surface area contributed by atoms with Crippen molar-refractivity contribution in [2.24, 2.45) is 0 Å². The standard InChI is InChI=1S/C11H14N2O6S2/c1-12-21(17,18)7-4-9(20-6-7)10(14)13-2-3-19-8(5-13)11(15)16/h4,6,8,12H,2-3,5H2,1H3,(H,15,16). The lowest BCUT2D eigenvalue weighted by molar-refractivity contribution is -0.154. The van der Waals surface area contributed by atoms with Gasteiger partial charge in [0, 0.05) is 11.9 Å². The molecule has 1 saturated heterocycles. The van der Waals surface area contributed by atoms with Crippen molar-refractivity contribution in [2.45, 2.75) is 11.0 Å². The predicted molar refractivity (Wildman–Crippen MR) is 73.8 cm³/mol. The molecule has 10 heteroatoms. The Bertz CT molecular complexity index is 653. The van der Waals surface area contributed by atoms with E-state index < -0.39 is 28.0 Å².